The van der Waals surface area contributed by atoms with Crippen molar-refractivity contribution in [3.8, 4) is 0 Å². The lowest BCUT2D eigenvalue weighted by Gasteiger charge is -2.21. The Bertz CT molecular complexity index is 680. The lowest BCUT2D eigenvalue weighted by atomic mass is 10.1. The normalized spacial score (nSPS) is 20.6. The van der Waals surface area contributed by atoms with Crippen LogP contribution in [0.25, 0.3) is 0 Å². The second-order valence-electron chi connectivity index (χ2n) is 6.63. The smallest absolute Gasteiger partial charge is 0.270 e. The summed E-state index contributed by atoms with van der Waals surface area (Å²) in [5.74, 6) is 0.806. The Balaban J connectivity index is 2.13. The quantitative estimate of drug-likeness (QED) is 0.856. The Labute approximate surface area is 130 Å². The molecule has 122 valence electrons. The van der Waals surface area contributed by atoms with E-state index >= 15 is 0 Å². The number of nitrogens with one attached hydrogen (secondary N) is 2. The first-order valence-electron chi connectivity index (χ1n) is 7.19. The van der Waals surface area contributed by atoms with Gasteiger partial charge in [0.15, 0.2) is 9.84 Å². The molecule has 0 bridgehead atoms. The predicted molar refractivity (Wildman–Crippen MR) is 84.7 cm³/mol. The first kappa shape index (κ1) is 16.7. The molecule has 0 aliphatic carbocycles. The zero-order valence-corrected chi connectivity index (χ0v) is 14.1. The van der Waals surface area contributed by atoms with Gasteiger partial charge in [-0.1, -0.05) is 0 Å². The van der Waals surface area contributed by atoms with Crippen LogP contribution < -0.4 is 10.6 Å². The number of aromatic nitrogens is 2. The molecule has 2 rings (SSSR count). The molecule has 8 heteroatoms. The fraction of sp³-hybridized carbons (Fsp3) is 0.643. The minimum absolute atomic E-state index is 0.00406. The Morgan fingerprint density at radius 1 is 1.32 bits per heavy atom. The number of carbonyl (C=O) groups excluding carboxylic acids is 1. The summed E-state index contributed by atoms with van der Waals surface area (Å²) in [6, 6.07) is 1.24. The SMILES string of the molecule is Cc1nc(NC(C)(C)C)cc(C(=O)NC2CCS(=O)(=O)C2)n1. The van der Waals surface area contributed by atoms with Crippen molar-refractivity contribution in [2.45, 2.75) is 45.7 Å². The maximum Gasteiger partial charge on any atom is 0.270 e. The lowest BCUT2D eigenvalue weighted by Crippen LogP contribution is -2.36. The Kier molecular flexibility index (Phi) is 4.42. The molecule has 1 aromatic rings. The van der Waals surface area contributed by atoms with Crippen molar-refractivity contribution in [3.05, 3.63) is 17.6 Å². The van der Waals surface area contributed by atoms with Crippen LogP contribution >= 0.6 is 0 Å². The molecule has 7 nitrogen and oxygen atoms in total. The van der Waals surface area contributed by atoms with Crippen molar-refractivity contribution >= 4 is 21.6 Å². The van der Waals surface area contributed by atoms with E-state index in [2.05, 4.69) is 20.6 Å². The molecule has 1 atom stereocenters. The molecule has 0 radical (unpaired) electrons. The van der Waals surface area contributed by atoms with E-state index in [1.165, 1.54) is 0 Å². The van der Waals surface area contributed by atoms with Gasteiger partial charge in [0.05, 0.1) is 11.5 Å². The van der Waals surface area contributed by atoms with Gasteiger partial charge >= 0.3 is 0 Å². The highest BCUT2D eigenvalue weighted by atomic mass is 32.2. The van der Waals surface area contributed by atoms with Crippen LogP contribution in [0.3, 0.4) is 0 Å². The second kappa shape index (κ2) is 5.83. The van der Waals surface area contributed by atoms with Crippen molar-refractivity contribution in [2.75, 3.05) is 16.8 Å². The number of sulfone groups is 1. The van der Waals surface area contributed by atoms with E-state index < -0.39 is 9.84 Å². The van der Waals surface area contributed by atoms with Gasteiger partial charge in [0, 0.05) is 17.6 Å². The molecule has 2 N–H and O–H groups in total. The Morgan fingerprint density at radius 3 is 2.55 bits per heavy atom. The van der Waals surface area contributed by atoms with Crippen molar-refractivity contribution < 1.29 is 13.2 Å². The number of carbonyl (C=O) groups is 1. The minimum Gasteiger partial charge on any atom is -0.365 e. The molecule has 1 saturated heterocycles. The average molecular weight is 326 g/mol. The molecule has 0 aromatic carbocycles. The summed E-state index contributed by atoms with van der Waals surface area (Å²) in [5.41, 5.74) is 0.0530. The summed E-state index contributed by atoms with van der Waals surface area (Å²) in [6.07, 6.45) is 0.450. The molecule has 1 unspecified atom stereocenters. The Hall–Kier alpha value is -1.70. The lowest BCUT2D eigenvalue weighted by molar-refractivity contribution is 0.0935. The molecule has 1 aliphatic rings. The maximum atomic E-state index is 12.3. The standard InChI is InChI=1S/C14H22N4O3S/c1-9-15-11(7-12(16-9)18-14(2,3)4)13(19)17-10-5-6-22(20,21)8-10/h7,10H,5-6,8H2,1-4H3,(H,17,19)(H,15,16,18). The van der Waals surface area contributed by atoms with Crippen LogP contribution in [-0.2, 0) is 9.84 Å². The highest BCUT2D eigenvalue weighted by Crippen LogP contribution is 2.15. The first-order valence-corrected chi connectivity index (χ1v) is 9.01. The number of nitrogens with zero attached hydrogens (tertiary/aromatic N) is 2. The van der Waals surface area contributed by atoms with E-state index in [4.69, 9.17) is 0 Å². The molecular formula is C14H22N4O3S. The first-order chi connectivity index (χ1) is 10.0. The third-order valence-corrected chi connectivity index (χ3v) is 4.91. The minimum atomic E-state index is -3.02. The zero-order valence-electron chi connectivity index (χ0n) is 13.3. The molecule has 22 heavy (non-hydrogen) atoms. The molecule has 0 saturated carbocycles. The summed E-state index contributed by atoms with van der Waals surface area (Å²) in [4.78, 5) is 20.6. The fourth-order valence-electron chi connectivity index (χ4n) is 2.30. The van der Waals surface area contributed by atoms with E-state index in [1.807, 2.05) is 20.8 Å². The van der Waals surface area contributed by atoms with Gasteiger partial charge in [-0.15, -0.1) is 0 Å². The van der Waals surface area contributed by atoms with Gasteiger partial charge in [-0.3, -0.25) is 4.79 Å². The van der Waals surface area contributed by atoms with Crippen LogP contribution in [0.15, 0.2) is 6.07 Å². The molecular weight excluding hydrogens is 304 g/mol. The predicted octanol–water partition coefficient (Wildman–Crippen LogP) is 0.912. The van der Waals surface area contributed by atoms with Crippen molar-refractivity contribution in [1.82, 2.24) is 15.3 Å². The van der Waals surface area contributed by atoms with Crippen molar-refractivity contribution in [3.63, 3.8) is 0 Å². The molecule has 1 aliphatic heterocycles. The summed E-state index contributed by atoms with van der Waals surface area (Å²) in [5, 5.41) is 5.93. The van der Waals surface area contributed by atoms with Crippen LogP contribution in [0.5, 0.6) is 0 Å². The van der Waals surface area contributed by atoms with E-state index in [0.717, 1.165) is 0 Å². The fourth-order valence-corrected chi connectivity index (χ4v) is 3.97. The Morgan fingerprint density at radius 2 is 2.00 bits per heavy atom. The van der Waals surface area contributed by atoms with Crippen LogP contribution in [0.4, 0.5) is 5.82 Å². The van der Waals surface area contributed by atoms with Crippen molar-refractivity contribution in [1.29, 1.82) is 0 Å². The maximum absolute atomic E-state index is 12.3. The highest BCUT2D eigenvalue weighted by molar-refractivity contribution is 7.91. The van der Waals surface area contributed by atoms with Gasteiger partial charge < -0.3 is 10.6 Å². The van der Waals surface area contributed by atoms with Crippen LogP contribution in [-0.4, -0.2) is 47.4 Å². The molecule has 1 aromatic heterocycles. The van der Waals surface area contributed by atoms with Crippen molar-refractivity contribution in [2.24, 2.45) is 0 Å². The van der Waals surface area contributed by atoms with E-state index in [0.29, 0.717) is 18.1 Å². The van der Waals surface area contributed by atoms with Crippen LogP contribution in [0.2, 0.25) is 0 Å². The third kappa shape index (κ3) is 4.66. The van der Waals surface area contributed by atoms with E-state index in [9.17, 15) is 13.2 Å². The largest absolute Gasteiger partial charge is 0.365 e. The molecule has 1 fully saturated rings. The number of hydrogen-bond acceptors (Lipinski definition) is 6. The molecule has 2 heterocycles. The van der Waals surface area contributed by atoms with Gasteiger partial charge in [-0.2, -0.15) is 0 Å². The van der Waals surface area contributed by atoms with Crippen LogP contribution in [0.1, 0.15) is 43.5 Å². The molecule has 1 amide bonds. The summed E-state index contributed by atoms with van der Waals surface area (Å²) >= 11 is 0. The number of aryl methyl sites for hydroxylation is 1. The van der Waals surface area contributed by atoms with Gasteiger partial charge in [0.2, 0.25) is 0 Å². The second-order valence-corrected chi connectivity index (χ2v) is 8.86. The van der Waals surface area contributed by atoms with E-state index in [1.54, 1.807) is 13.0 Å². The number of anilines is 1. The molecule has 0 spiro atoms. The topological polar surface area (TPSA) is 101 Å². The van der Waals surface area contributed by atoms with Crippen LogP contribution in [0, 0.1) is 6.92 Å². The number of hydrogen-bond donors (Lipinski definition) is 2. The monoisotopic (exact) mass is 326 g/mol. The third-order valence-electron chi connectivity index (χ3n) is 3.14. The number of amides is 1. The van der Waals surface area contributed by atoms with Gasteiger partial charge in [0.1, 0.15) is 17.3 Å². The summed E-state index contributed by atoms with van der Waals surface area (Å²) < 4.78 is 22.9. The number of rotatable bonds is 3. The summed E-state index contributed by atoms with van der Waals surface area (Å²) in [7, 11) is -3.02. The summed E-state index contributed by atoms with van der Waals surface area (Å²) in [6.45, 7) is 7.69. The van der Waals surface area contributed by atoms with Gasteiger partial charge in [0.25, 0.3) is 5.91 Å². The van der Waals surface area contributed by atoms with Gasteiger partial charge in [-0.05, 0) is 34.1 Å². The van der Waals surface area contributed by atoms with Gasteiger partial charge in [-0.25, -0.2) is 18.4 Å². The highest BCUT2D eigenvalue weighted by Gasteiger charge is 2.29. The van der Waals surface area contributed by atoms with E-state index in [-0.39, 0.29) is 34.7 Å². The zero-order chi connectivity index (χ0) is 16.5. The average Bonchev–Trinajstić information content (AvgIpc) is 2.65.